The first-order chi connectivity index (χ1) is 14.6. The molecule has 6 nitrogen and oxygen atoms in total. The van der Waals surface area contributed by atoms with Crippen LogP contribution in [0.5, 0.6) is 0 Å². The van der Waals surface area contributed by atoms with Crippen LogP contribution in [-0.2, 0) is 6.54 Å². The summed E-state index contributed by atoms with van der Waals surface area (Å²) >= 11 is 12.7. The average Bonchev–Trinajstić information content (AvgIpc) is 3.23. The second-order valence-corrected chi connectivity index (χ2v) is 7.42. The molecule has 5 rings (SSSR count). The third-order valence-corrected chi connectivity index (χ3v) is 5.36. The molecule has 0 atom stereocenters. The van der Waals surface area contributed by atoms with Crippen LogP contribution in [0, 0.1) is 5.82 Å². The molecular formula is C21H13Cl2FN6. The number of nitrogens with zero attached hydrogens (tertiary/aromatic N) is 4. The lowest BCUT2D eigenvalue weighted by Gasteiger charge is -2.14. The van der Waals surface area contributed by atoms with Gasteiger partial charge in [0, 0.05) is 17.5 Å². The van der Waals surface area contributed by atoms with E-state index in [9.17, 15) is 4.39 Å². The molecule has 0 aliphatic rings. The summed E-state index contributed by atoms with van der Waals surface area (Å²) < 4.78 is 14.0. The summed E-state index contributed by atoms with van der Waals surface area (Å²) in [5.74, 6) is 0.173. The quantitative estimate of drug-likeness (QED) is 0.380. The Morgan fingerprint density at radius 3 is 2.77 bits per heavy atom. The molecule has 0 amide bonds. The molecule has 0 saturated carbocycles. The second-order valence-electron chi connectivity index (χ2n) is 6.61. The topological polar surface area (TPSA) is 79.4 Å². The number of H-pyrrole nitrogens is 1. The average molecular weight is 439 g/mol. The molecule has 30 heavy (non-hydrogen) atoms. The monoisotopic (exact) mass is 438 g/mol. The second kappa shape index (κ2) is 7.51. The van der Waals surface area contributed by atoms with Crippen LogP contribution in [0.25, 0.3) is 33.3 Å². The lowest BCUT2D eigenvalue weighted by molar-refractivity contribution is 0.628. The number of halogens is 3. The minimum atomic E-state index is -0.400. The van der Waals surface area contributed by atoms with Gasteiger partial charge in [-0.05, 0) is 35.9 Å². The van der Waals surface area contributed by atoms with Gasteiger partial charge in [-0.2, -0.15) is 0 Å². The highest BCUT2D eigenvalue weighted by atomic mass is 35.5. The van der Waals surface area contributed by atoms with Crippen LogP contribution in [0.2, 0.25) is 10.0 Å². The minimum absolute atomic E-state index is 0.358. The van der Waals surface area contributed by atoms with Crippen molar-refractivity contribution in [2.75, 3.05) is 5.32 Å². The molecular weight excluding hydrogens is 426 g/mol. The maximum atomic E-state index is 14.0. The Labute approximate surface area is 180 Å². The van der Waals surface area contributed by atoms with Crippen molar-refractivity contribution in [3.05, 3.63) is 76.5 Å². The van der Waals surface area contributed by atoms with Gasteiger partial charge in [0.1, 0.15) is 17.7 Å². The maximum Gasteiger partial charge on any atom is 0.162 e. The van der Waals surface area contributed by atoms with E-state index in [2.05, 4.69) is 25.3 Å². The highest BCUT2D eigenvalue weighted by Gasteiger charge is 2.16. The van der Waals surface area contributed by atoms with E-state index in [0.717, 1.165) is 10.9 Å². The Balaban J connectivity index is 1.64. The first-order valence-corrected chi connectivity index (χ1v) is 9.77. The number of rotatable bonds is 4. The van der Waals surface area contributed by atoms with Crippen molar-refractivity contribution in [2.24, 2.45) is 0 Å². The number of hydrogen-bond acceptors (Lipinski definition) is 5. The summed E-state index contributed by atoms with van der Waals surface area (Å²) in [6.45, 7) is 0.358. The molecule has 148 valence electrons. The Morgan fingerprint density at radius 2 is 1.87 bits per heavy atom. The van der Waals surface area contributed by atoms with Crippen molar-refractivity contribution in [2.45, 2.75) is 6.54 Å². The molecule has 2 aromatic carbocycles. The van der Waals surface area contributed by atoms with Gasteiger partial charge in [0.2, 0.25) is 0 Å². The van der Waals surface area contributed by atoms with E-state index in [1.54, 1.807) is 12.4 Å². The molecule has 5 aromatic rings. The maximum absolute atomic E-state index is 14.0. The van der Waals surface area contributed by atoms with E-state index in [0.29, 0.717) is 50.3 Å². The smallest absolute Gasteiger partial charge is 0.162 e. The number of aromatic nitrogens is 5. The molecule has 0 aliphatic heterocycles. The third-order valence-electron chi connectivity index (χ3n) is 4.72. The summed E-state index contributed by atoms with van der Waals surface area (Å²) in [6.07, 6.45) is 3.01. The van der Waals surface area contributed by atoms with Gasteiger partial charge in [-0.1, -0.05) is 35.3 Å². The highest BCUT2D eigenvalue weighted by molar-refractivity contribution is 6.35. The van der Waals surface area contributed by atoms with Crippen molar-refractivity contribution < 1.29 is 4.39 Å². The normalized spacial score (nSPS) is 11.3. The SMILES string of the molecule is Fc1ccc(Cl)c(-c2nc3c(Cl)cccc3cc2CNc2ncnc3[nH]cnc23)c1. The Morgan fingerprint density at radius 1 is 0.967 bits per heavy atom. The molecule has 0 aliphatic carbocycles. The molecule has 0 saturated heterocycles. The lowest BCUT2D eigenvalue weighted by atomic mass is 10.0. The minimum Gasteiger partial charge on any atom is -0.364 e. The van der Waals surface area contributed by atoms with Gasteiger partial charge in [0.05, 0.1) is 27.6 Å². The zero-order valence-electron chi connectivity index (χ0n) is 15.3. The number of pyridine rings is 1. The summed E-state index contributed by atoms with van der Waals surface area (Å²) in [5.41, 5.74) is 3.71. The van der Waals surface area contributed by atoms with Gasteiger partial charge in [0.15, 0.2) is 11.5 Å². The van der Waals surface area contributed by atoms with Crippen LogP contribution in [0.3, 0.4) is 0 Å². The standard InChI is InChI=1S/C21H13Cl2FN6/c22-15-5-4-13(24)7-14(15)17-12(6-11-2-1-3-16(23)18(11)30-17)8-25-20-19-21(27-9-26-19)29-10-28-20/h1-7,9-10H,8H2,(H2,25,26,27,28,29). The fraction of sp³-hybridized carbons (Fsp3) is 0.0476. The number of imidazole rings is 1. The number of hydrogen-bond donors (Lipinski definition) is 2. The zero-order chi connectivity index (χ0) is 20.7. The van der Waals surface area contributed by atoms with E-state index < -0.39 is 5.82 Å². The van der Waals surface area contributed by atoms with Crippen molar-refractivity contribution in [1.82, 2.24) is 24.9 Å². The number of benzene rings is 2. The fourth-order valence-electron chi connectivity index (χ4n) is 3.33. The molecule has 2 N–H and O–H groups in total. The number of fused-ring (bicyclic) bond motifs is 2. The predicted molar refractivity (Wildman–Crippen MR) is 116 cm³/mol. The number of anilines is 1. The van der Waals surface area contributed by atoms with Crippen LogP contribution >= 0.6 is 23.2 Å². The molecule has 0 unspecified atom stereocenters. The van der Waals surface area contributed by atoms with Gasteiger partial charge in [-0.15, -0.1) is 0 Å². The summed E-state index contributed by atoms with van der Waals surface area (Å²) in [4.78, 5) is 20.3. The van der Waals surface area contributed by atoms with E-state index in [-0.39, 0.29) is 0 Å². The highest BCUT2D eigenvalue weighted by Crippen LogP contribution is 2.34. The molecule has 3 aromatic heterocycles. The van der Waals surface area contributed by atoms with E-state index in [4.69, 9.17) is 28.2 Å². The van der Waals surface area contributed by atoms with Crippen molar-refractivity contribution >= 4 is 51.1 Å². The summed E-state index contributed by atoms with van der Waals surface area (Å²) in [6, 6.07) is 11.7. The van der Waals surface area contributed by atoms with Crippen LogP contribution in [0.15, 0.2) is 55.1 Å². The van der Waals surface area contributed by atoms with Gasteiger partial charge >= 0.3 is 0 Å². The van der Waals surface area contributed by atoms with Crippen LogP contribution in [0.4, 0.5) is 10.2 Å². The van der Waals surface area contributed by atoms with Gasteiger partial charge in [-0.25, -0.2) is 24.3 Å². The van der Waals surface area contributed by atoms with E-state index in [1.165, 1.54) is 24.5 Å². The molecule has 0 radical (unpaired) electrons. The van der Waals surface area contributed by atoms with Crippen molar-refractivity contribution in [1.29, 1.82) is 0 Å². The van der Waals surface area contributed by atoms with E-state index >= 15 is 0 Å². The molecule has 0 spiro atoms. The first kappa shape index (κ1) is 18.7. The molecule has 3 heterocycles. The van der Waals surface area contributed by atoms with Gasteiger partial charge < -0.3 is 10.3 Å². The number of nitrogens with one attached hydrogen (secondary N) is 2. The Bertz CT molecular complexity index is 1400. The van der Waals surface area contributed by atoms with Crippen molar-refractivity contribution in [3.8, 4) is 11.3 Å². The molecule has 9 heteroatoms. The van der Waals surface area contributed by atoms with Gasteiger partial charge in [0.25, 0.3) is 0 Å². The van der Waals surface area contributed by atoms with Crippen LogP contribution in [0.1, 0.15) is 5.56 Å². The first-order valence-electron chi connectivity index (χ1n) is 9.01. The largest absolute Gasteiger partial charge is 0.364 e. The fourth-order valence-corrected chi connectivity index (χ4v) is 3.76. The Hall–Kier alpha value is -3.29. The van der Waals surface area contributed by atoms with Gasteiger partial charge in [-0.3, -0.25) is 0 Å². The van der Waals surface area contributed by atoms with E-state index in [1.807, 2.05) is 18.2 Å². The van der Waals surface area contributed by atoms with Crippen LogP contribution < -0.4 is 5.32 Å². The molecule has 0 fully saturated rings. The third kappa shape index (κ3) is 3.32. The number of aromatic amines is 1. The summed E-state index contributed by atoms with van der Waals surface area (Å²) in [7, 11) is 0. The summed E-state index contributed by atoms with van der Waals surface area (Å²) in [5, 5.41) is 5.04. The Kier molecular flexibility index (Phi) is 4.69. The zero-order valence-corrected chi connectivity index (χ0v) is 16.8. The molecule has 0 bridgehead atoms. The van der Waals surface area contributed by atoms with Crippen molar-refractivity contribution in [3.63, 3.8) is 0 Å². The lowest BCUT2D eigenvalue weighted by Crippen LogP contribution is -2.06. The predicted octanol–water partition coefficient (Wildman–Crippen LogP) is 5.63. The number of para-hydroxylation sites is 1. The van der Waals surface area contributed by atoms with Crippen LogP contribution in [-0.4, -0.2) is 24.9 Å².